The van der Waals surface area contributed by atoms with Crippen LogP contribution in [0.2, 0.25) is 5.02 Å². The van der Waals surface area contributed by atoms with Gasteiger partial charge in [-0.15, -0.1) is 11.3 Å². The number of hydrogen-bond acceptors (Lipinski definition) is 4. The molecule has 1 aromatic heterocycles. The highest BCUT2D eigenvalue weighted by molar-refractivity contribution is 7.13. The van der Waals surface area contributed by atoms with Crippen molar-refractivity contribution in [2.45, 2.75) is 34.3 Å². The van der Waals surface area contributed by atoms with Gasteiger partial charge in [0.25, 0.3) is 5.91 Å². The fourth-order valence-corrected chi connectivity index (χ4v) is 3.57. The summed E-state index contributed by atoms with van der Waals surface area (Å²) in [5, 5.41) is 4.41. The lowest BCUT2D eigenvalue weighted by atomic mass is 10.1. The third-order valence-corrected chi connectivity index (χ3v) is 5.86. The maximum atomic E-state index is 12.6. The van der Waals surface area contributed by atoms with Crippen LogP contribution in [0.3, 0.4) is 0 Å². The minimum atomic E-state index is -0.151. The van der Waals surface area contributed by atoms with Crippen molar-refractivity contribution >= 4 is 34.5 Å². The zero-order chi connectivity index (χ0) is 19.6. The molecule has 0 fully saturated rings. The van der Waals surface area contributed by atoms with Crippen LogP contribution in [0.4, 0.5) is 5.69 Å². The molecule has 0 aliphatic heterocycles. The second kappa shape index (κ2) is 8.11. The van der Waals surface area contributed by atoms with E-state index in [-0.39, 0.29) is 5.91 Å². The molecule has 0 unspecified atom stereocenters. The van der Waals surface area contributed by atoms with Gasteiger partial charge in [-0.1, -0.05) is 17.7 Å². The number of halogens is 1. The number of rotatable bonds is 5. The number of benzene rings is 2. The van der Waals surface area contributed by atoms with Crippen molar-refractivity contribution in [2.24, 2.45) is 0 Å². The molecule has 1 heterocycles. The van der Waals surface area contributed by atoms with Crippen LogP contribution in [0.1, 0.15) is 37.1 Å². The molecule has 3 aromatic rings. The fourth-order valence-electron chi connectivity index (χ4n) is 2.58. The van der Waals surface area contributed by atoms with Crippen molar-refractivity contribution < 1.29 is 9.53 Å². The van der Waals surface area contributed by atoms with Crippen LogP contribution in [0.25, 0.3) is 0 Å². The molecule has 0 atom stereocenters. The molecule has 1 N–H and O–H groups in total. The summed E-state index contributed by atoms with van der Waals surface area (Å²) in [6.07, 6.45) is 0. The maximum Gasteiger partial charge on any atom is 0.267 e. The van der Waals surface area contributed by atoms with Crippen molar-refractivity contribution in [3.05, 3.63) is 73.7 Å². The lowest BCUT2D eigenvalue weighted by Crippen LogP contribution is -2.11. The Hall–Kier alpha value is -2.37. The van der Waals surface area contributed by atoms with Crippen molar-refractivity contribution in [1.29, 1.82) is 0 Å². The molecule has 4 nitrogen and oxygen atoms in total. The topological polar surface area (TPSA) is 51.2 Å². The van der Waals surface area contributed by atoms with Gasteiger partial charge in [-0.3, -0.25) is 4.79 Å². The van der Waals surface area contributed by atoms with Gasteiger partial charge in [0.05, 0.1) is 5.69 Å². The third kappa shape index (κ3) is 4.67. The van der Waals surface area contributed by atoms with E-state index in [1.54, 1.807) is 0 Å². The minimum absolute atomic E-state index is 0.151. The lowest BCUT2D eigenvalue weighted by molar-refractivity contribution is 0.103. The number of hydrogen-bond donors (Lipinski definition) is 1. The molecule has 2 aromatic carbocycles. The van der Waals surface area contributed by atoms with Crippen LogP contribution < -0.4 is 10.1 Å². The number of aromatic nitrogens is 1. The van der Waals surface area contributed by atoms with Crippen LogP contribution in [-0.4, -0.2) is 10.9 Å². The van der Waals surface area contributed by atoms with E-state index in [0.29, 0.717) is 22.2 Å². The van der Waals surface area contributed by atoms with E-state index in [9.17, 15) is 4.79 Å². The SMILES string of the molecule is Cc1ccc(NC(=O)c2sc(COc3ccc(Cl)c(C)c3)nc2C)cc1C. The number of amides is 1. The number of nitrogens with one attached hydrogen (secondary N) is 1. The van der Waals surface area contributed by atoms with E-state index < -0.39 is 0 Å². The Morgan fingerprint density at radius 2 is 1.85 bits per heavy atom. The van der Waals surface area contributed by atoms with Crippen molar-refractivity contribution in [2.75, 3.05) is 5.32 Å². The molecule has 1 amide bonds. The summed E-state index contributed by atoms with van der Waals surface area (Å²) in [6.45, 7) is 8.14. The van der Waals surface area contributed by atoms with Crippen LogP contribution in [0.15, 0.2) is 36.4 Å². The molecule has 27 heavy (non-hydrogen) atoms. The van der Waals surface area contributed by atoms with Crippen LogP contribution >= 0.6 is 22.9 Å². The average Bonchev–Trinajstić information content (AvgIpc) is 3.00. The average molecular weight is 401 g/mol. The van der Waals surface area contributed by atoms with Gasteiger partial charge in [0.15, 0.2) is 0 Å². The van der Waals surface area contributed by atoms with Gasteiger partial charge in [-0.2, -0.15) is 0 Å². The van der Waals surface area contributed by atoms with E-state index in [1.807, 2.05) is 64.1 Å². The van der Waals surface area contributed by atoms with Crippen molar-refractivity contribution in [1.82, 2.24) is 4.98 Å². The Balaban J connectivity index is 1.68. The van der Waals surface area contributed by atoms with Gasteiger partial charge in [-0.05, 0) is 74.7 Å². The highest BCUT2D eigenvalue weighted by Gasteiger charge is 2.16. The smallest absolute Gasteiger partial charge is 0.267 e. The largest absolute Gasteiger partial charge is 0.486 e. The van der Waals surface area contributed by atoms with Gasteiger partial charge in [0.2, 0.25) is 0 Å². The first-order valence-corrected chi connectivity index (χ1v) is 9.77. The van der Waals surface area contributed by atoms with E-state index >= 15 is 0 Å². The lowest BCUT2D eigenvalue weighted by Gasteiger charge is -2.07. The summed E-state index contributed by atoms with van der Waals surface area (Å²) >= 11 is 7.38. The van der Waals surface area contributed by atoms with Gasteiger partial charge in [-0.25, -0.2) is 4.98 Å². The van der Waals surface area contributed by atoms with Crippen molar-refractivity contribution in [3.63, 3.8) is 0 Å². The van der Waals surface area contributed by atoms with Gasteiger partial charge in [0.1, 0.15) is 22.2 Å². The number of anilines is 1. The monoisotopic (exact) mass is 400 g/mol. The number of ether oxygens (including phenoxy) is 1. The molecule has 0 spiro atoms. The van der Waals surface area contributed by atoms with E-state index in [4.69, 9.17) is 16.3 Å². The van der Waals surface area contributed by atoms with E-state index in [2.05, 4.69) is 10.3 Å². The molecule has 0 aliphatic rings. The summed E-state index contributed by atoms with van der Waals surface area (Å²) in [4.78, 5) is 17.7. The first-order chi connectivity index (χ1) is 12.8. The summed E-state index contributed by atoms with van der Waals surface area (Å²) in [5.74, 6) is 0.577. The van der Waals surface area contributed by atoms with E-state index in [0.717, 1.165) is 27.6 Å². The van der Waals surface area contributed by atoms with E-state index in [1.165, 1.54) is 16.9 Å². The first kappa shape index (κ1) is 19.4. The van der Waals surface area contributed by atoms with Gasteiger partial charge in [0, 0.05) is 10.7 Å². The number of carbonyl (C=O) groups is 1. The molecule has 0 saturated heterocycles. The van der Waals surface area contributed by atoms with Crippen LogP contribution in [0.5, 0.6) is 5.75 Å². The zero-order valence-electron chi connectivity index (χ0n) is 15.7. The summed E-state index contributed by atoms with van der Waals surface area (Å²) < 4.78 is 5.78. The first-order valence-electron chi connectivity index (χ1n) is 8.57. The molecule has 0 aliphatic carbocycles. The van der Waals surface area contributed by atoms with Gasteiger partial charge >= 0.3 is 0 Å². The standard InChI is InChI=1S/C21H21ClN2O2S/c1-12-5-6-16(9-13(12)2)24-21(25)20-15(4)23-19(27-20)11-26-17-7-8-18(22)14(3)10-17/h5-10H,11H2,1-4H3,(H,24,25). The Morgan fingerprint density at radius 3 is 2.56 bits per heavy atom. The number of aryl methyl sites for hydroxylation is 4. The third-order valence-electron chi connectivity index (χ3n) is 4.30. The fraction of sp³-hybridized carbons (Fsp3) is 0.238. The zero-order valence-corrected chi connectivity index (χ0v) is 17.3. The Bertz CT molecular complexity index is 998. The van der Waals surface area contributed by atoms with Crippen LogP contribution in [0, 0.1) is 27.7 Å². The Labute approximate surface area is 168 Å². The molecule has 140 valence electrons. The molecule has 6 heteroatoms. The van der Waals surface area contributed by atoms with Crippen LogP contribution in [-0.2, 0) is 6.61 Å². The maximum absolute atomic E-state index is 12.6. The second-order valence-electron chi connectivity index (χ2n) is 6.47. The molecule has 0 saturated carbocycles. The van der Waals surface area contributed by atoms with Gasteiger partial charge < -0.3 is 10.1 Å². The number of nitrogens with zero attached hydrogens (tertiary/aromatic N) is 1. The molecular weight excluding hydrogens is 380 g/mol. The summed E-state index contributed by atoms with van der Waals surface area (Å²) in [7, 11) is 0. The Morgan fingerprint density at radius 1 is 1.07 bits per heavy atom. The summed E-state index contributed by atoms with van der Waals surface area (Å²) in [5.41, 5.74) is 4.77. The normalized spacial score (nSPS) is 10.7. The molecule has 0 radical (unpaired) electrons. The minimum Gasteiger partial charge on any atom is -0.486 e. The van der Waals surface area contributed by atoms with Crippen molar-refractivity contribution in [3.8, 4) is 5.75 Å². The molecule has 3 rings (SSSR count). The highest BCUT2D eigenvalue weighted by atomic mass is 35.5. The summed E-state index contributed by atoms with van der Waals surface area (Å²) in [6, 6.07) is 11.4. The predicted molar refractivity (Wildman–Crippen MR) is 111 cm³/mol. The molecule has 0 bridgehead atoms. The molecular formula is C21H21ClN2O2S. The predicted octanol–water partition coefficient (Wildman–Crippen LogP) is 5.86. The Kier molecular flexibility index (Phi) is 5.82. The second-order valence-corrected chi connectivity index (χ2v) is 7.97. The number of thiazole rings is 1. The number of carbonyl (C=O) groups excluding carboxylic acids is 1. The highest BCUT2D eigenvalue weighted by Crippen LogP contribution is 2.24. The quantitative estimate of drug-likeness (QED) is 0.583.